The Bertz CT molecular complexity index is 440. The Kier molecular flexibility index (Phi) is 4.78. The standard InChI is InChI=1S/C16H23NO3/c1-13(2)12-16(15(18)19,14-6-4-3-5-7-14)17-8-10-20-11-9-17/h3-7,13H,8-12H2,1-2H3,(H,18,19). The fraction of sp³-hybridized carbons (Fsp3) is 0.562. The Morgan fingerprint density at radius 1 is 1.30 bits per heavy atom. The van der Waals surface area contributed by atoms with Crippen LogP contribution in [0, 0.1) is 5.92 Å². The molecular weight excluding hydrogens is 254 g/mol. The van der Waals surface area contributed by atoms with Crippen molar-refractivity contribution in [2.24, 2.45) is 5.92 Å². The van der Waals surface area contributed by atoms with Crippen LogP contribution in [0.15, 0.2) is 30.3 Å². The van der Waals surface area contributed by atoms with Gasteiger partial charge in [-0.25, -0.2) is 4.79 Å². The average molecular weight is 277 g/mol. The molecule has 1 N–H and O–H groups in total. The molecule has 1 unspecified atom stereocenters. The molecule has 0 saturated carbocycles. The smallest absolute Gasteiger partial charge is 0.328 e. The number of aliphatic carboxylic acids is 1. The predicted octanol–water partition coefficient (Wildman–Crippen LogP) is 2.34. The van der Waals surface area contributed by atoms with Gasteiger partial charge in [-0.1, -0.05) is 44.2 Å². The number of carboxylic acids is 1. The van der Waals surface area contributed by atoms with Gasteiger partial charge in [0, 0.05) is 13.1 Å². The van der Waals surface area contributed by atoms with Crippen molar-refractivity contribution in [2.45, 2.75) is 25.8 Å². The second kappa shape index (κ2) is 6.37. The van der Waals surface area contributed by atoms with Crippen molar-refractivity contribution in [3.8, 4) is 0 Å². The fourth-order valence-electron chi connectivity index (χ4n) is 3.03. The topological polar surface area (TPSA) is 49.8 Å². The molecule has 1 aromatic rings. The zero-order valence-electron chi connectivity index (χ0n) is 12.2. The lowest BCUT2D eigenvalue weighted by Gasteiger charge is -2.43. The van der Waals surface area contributed by atoms with E-state index in [2.05, 4.69) is 18.7 Å². The monoisotopic (exact) mass is 277 g/mol. The number of nitrogens with zero attached hydrogens (tertiary/aromatic N) is 1. The zero-order valence-corrected chi connectivity index (χ0v) is 12.2. The third kappa shape index (κ3) is 2.86. The Morgan fingerprint density at radius 2 is 1.90 bits per heavy atom. The van der Waals surface area contributed by atoms with Crippen LogP contribution in [0.1, 0.15) is 25.8 Å². The van der Waals surface area contributed by atoms with Gasteiger partial charge in [0.05, 0.1) is 13.2 Å². The highest BCUT2D eigenvalue weighted by Crippen LogP contribution is 2.36. The van der Waals surface area contributed by atoms with Gasteiger partial charge in [0.25, 0.3) is 0 Å². The molecule has 1 atom stereocenters. The maximum atomic E-state index is 12.2. The van der Waals surface area contributed by atoms with Crippen molar-refractivity contribution < 1.29 is 14.6 Å². The van der Waals surface area contributed by atoms with Crippen LogP contribution in [0.2, 0.25) is 0 Å². The molecule has 0 radical (unpaired) electrons. The van der Waals surface area contributed by atoms with E-state index in [4.69, 9.17) is 4.74 Å². The zero-order chi connectivity index (χ0) is 14.6. The third-order valence-corrected chi connectivity index (χ3v) is 3.86. The Balaban J connectivity index is 2.46. The largest absolute Gasteiger partial charge is 0.480 e. The summed E-state index contributed by atoms with van der Waals surface area (Å²) >= 11 is 0. The molecular formula is C16H23NO3. The van der Waals surface area contributed by atoms with Crippen LogP contribution in [0.25, 0.3) is 0 Å². The number of carbonyl (C=O) groups is 1. The first-order chi connectivity index (χ1) is 9.57. The number of hydrogen-bond donors (Lipinski definition) is 1. The highest BCUT2D eigenvalue weighted by Gasteiger charge is 2.46. The molecule has 1 aliphatic heterocycles. The van der Waals surface area contributed by atoms with Crippen LogP contribution < -0.4 is 0 Å². The lowest BCUT2D eigenvalue weighted by molar-refractivity contribution is -0.157. The minimum absolute atomic E-state index is 0.300. The summed E-state index contributed by atoms with van der Waals surface area (Å²) in [6.45, 7) is 6.66. The minimum Gasteiger partial charge on any atom is -0.480 e. The fourth-order valence-corrected chi connectivity index (χ4v) is 3.03. The molecule has 1 saturated heterocycles. The molecule has 1 aromatic carbocycles. The maximum absolute atomic E-state index is 12.2. The molecule has 0 bridgehead atoms. The second-order valence-electron chi connectivity index (χ2n) is 5.73. The van der Waals surface area contributed by atoms with E-state index in [0.717, 1.165) is 5.56 Å². The van der Waals surface area contributed by atoms with E-state index >= 15 is 0 Å². The second-order valence-corrected chi connectivity index (χ2v) is 5.73. The summed E-state index contributed by atoms with van der Waals surface area (Å²) in [7, 11) is 0. The van der Waals surface area contributed by atoms with Crippen LogP contribution >= 0.6 is 0 Å². The van der Waals surface area contributed by atoms with Gasteiger partial charge < -0.3 is 9.84 Å². The molecule has 0 aliphatic carbocycles. The molecule has 1 aliphatic rings. The molecule has 0 aromatic heterocycles. The van der Waals surface area contributed by atoms with Crippen molar-refractivity contribution in [3.63, 3.8) is 0 Å². The normalized spacial score (nSPS) is 19.8. The van der Waals surface area contributed by atoms with Gasteiger partial charge in [-0.15, -0.1) is 0 Å². The van der Waals surface area contributed by atoms with Gasteiger partial charge >= 0.3 is 5.97 Å². The molecule has 4 nitrogen and oxygen atoms in total. The number of rotatable bonds is 5. The maximum Gasteiger partial charge on any atom is 0.328 e. The van der Waals surface area contributed by atoms with Crippen LogP contribution in [0.4, 0.5) is 0 Å². The van der Waals surface area contributed by atoms with E-state index in [9.17, 15) is 9.90 Å². The summed E-state index contributed by atoms with van der Waals surface area (Å²) in [6.07, 6.45) is 0.604. The summed E-state index contributed by atoms with van der Waals surface area (Å²) in [4.78, 5) is 14.2. The van der Waals surface area contributed by atoms with E-state index in [1.54, 1.807) is 0 Å². The third-order valence-electron chi connectivity index (χ3n) is 3.86. The summed E-state index contributed by atoms with van der Waals surface area (Å²) in [5.41, 5.74) is -0.0812. The number of benzene rings is 1. The molecule has 4 heteroatoms. The highest BCUT2D eigenvalue weighted by atomic mass is 16.5. The summed E-state index contributed by atoms with van der Waals surface area (Å²) in [5.74, 6) is -0.464. The van der Waals surface area contributed by atoms with Gasteiger partial charge in [-0.3, -0.25) is 4.90 Å². The summed E-state index contributed by atoms with van der Waals surface area (Å²) in [5, 5.41) is 10.00. The average Bonchev–Trinajstić information content (AvgIpc) is 2.46. The van der Waals surface area contributed by atoms with Crippen molar-refractivity contribution in [2.75, 3.05) is 26.3 Å². The summed E-state index contributed by atoms with van der Waals surface area (Å²) < 4.78 is 5.38. The molecule has 2 rings (SSSR count). The van der Waals surface area contributed by atoms with E-state index in [0.29, 0.717) is 38.6 Å². The number of ether oxygens (including phenoxy) is 1. The number of hydrogen-bond acceptors (Lipinski definition) is 3. The van der Waals surface area contributed by atoms with Gasteiger partial charge in [0.15, 0.2) is 0 Å². The van der Waals surface area contributed by atoms with Gasteiger partial charge in [0.2, 0.25) is 0 Å². The van der Waals surface area contributed by atoms with Crippen LogP contribution in [0.5, 0.6) is 0 Å². The first kappa shape index (κ1) is 15.0. The molecule has 0 spiro atoms. The molecule has 1 fully saturated rings. The van der Waals surface area contributed by atoms with Crippen molar-refractivity contribution in [1.82, 2.24) is 4.90 Å². The first-order valence-electron chi connectivity index (χ1n) is 7.19. The molecule has 0 amide bonds. The van der Waals surface area contributed by atoms with Crippen LogP contribution in [-0.2, 0) is 15.1 Å². The van der Waals surface area contributed by atoms with Crippen molar-refractivity contribution in [1.29, 1.82) is 0 Å². The molecule has 1 heterocycles. The molecule has 20 heavy (non-hydrogen) atoms. The Labute approximate surface area is 120 Å². The van der Waals surface area contributed by atoms with Gasteiger partial charge in [-0.2, -0.15) is 0 Å². The predicted molar refractivity (Wildman–Crippen MR) is 77.6 cm³/mol. The van der Waals surface area contributed by atoms with Crippen LogP contribution in [-0.4, -0.2) is 42.3 Å². The molecule has 110 valence electrons. The van der Waals surface area contributed by atoms with Crippen LogP contribution in [0.3, 0.4) is 0 Å². The lowest BCUT2D eigenvalue weighted by atomic mass is 9.80. The first-order valence-corrected chi connectivity index (χ1v) is 7.19. The van der Waals surface area contributed by atoms with Crippen molar-refractivity contribution in [3.05, 3.63) is 35.9 Å². The van der Waals surface area contributed by atoms with E-state index in [1.165, 1.54) is 0 Å². The minimum atomic E-state index is -0.945. The van der Waals surface area contributed by atoms with Gasteiger partial charge in [-0.05, 0) is 17.9 Å². The highest BCUT2D eigenvalue weighted by molar-refractivity contribution is 5.81. The van der Waals surface area contributed by atoms with Gasteiger partial charge in [0.1, 0.15) is 5.54 Å². The van der Waals surface area contributed by atoms with Crippen molar-refractivity contribution >= 4 is 5.97 Å². The van der Waals surface area contributed by atoms with E-state index in [1.807, 2.05) is 30.3 Å². The van der Waals surface area contributed by atoms with E-state index in [-0.39, 0.29) is 0 Å². The lowest BCUT2D eigenvalue weighted by Crippen LogP contribution is -2.56. The number of morpholine rings is 1. The summed E-state index contributed by atoms with van der Waals surface area (Å²) in [6, 6.07) is 9.59. The quantitative estimate of drug-likeness (QED) is 0.897. The number of carboxylic acid groups (broad SMARTS) is 1. The SMILES string of the molecule is CC(C)CC(C(=O)O)(c1ccccc1)N1CCOCC1. The Hall–Kier alpha value is -1.39. The Morgan fingerprint density at radius 3 is 2.40 bits per heavy atom. The van der Waals surface area contributed by atoms with E-state index < -0.39 is 11.5 Å².